The number of nitrogens with zero attached hydrogens (tertiary/aromatic N) is 2. The molecule has 1 unspecified atom stereocenters. The average molecular weight is 326 g/mol. The number of amides is 1. The van der Waals surface area contributed by atoms with Gasteiger partial charge in [-0.3, -0.25) is 4.79 Å². The Balaban J connectivity index is 1.91. The smallest absolute Gasteiger partial charge is 0.223 e. The van der Waals surface area contributed by atoms with Crippen molar-refractivity contribution in [3.8, 4) is 5.75 Å². The standard InChI is InChI=1S/C20H26N2O2/c1-3-5-8-19(23)22-15-14-21-13-6-7-18(21)20(22)16-9-11-17(12-10-16)24-4-2/h6-7,9-13,20H,3-5,8,14-15H2,1-2H3. The Kier molecular flexibility index (Phi) is 5.24. The molecule has 4 heteroatoms. The third-order valence-corrected chi connectivity index (χ3v) is 4.61. The lowest BCUT2D eigenvalue weighted by molar-refractivity contribution is -0.134. The maximum Gasteiger partial charge on any atom is 0.223 e. The van der Waals surface area contributed by atoms with Gasteiger partial charge in [0.25, 0.3) is 0 Å². The van der Waals surface area contributed by atoms with Crippen molar-refractivity contribution < 1.29 is 9.53 Å². The summed E-state index contributed by atoms with van der Waals surface area (Å²) in [6.07, 6.45) is 4.73. The van der Waals surface area contributed by atoms with Crippen molar-refractivity contribution in [3.05, 3.63) is 53.9 Å². The minimum Gasteiger partial charge on any atom is -0.494 e. The van der Waals surface area contributed by atoms with Gasteiger partial charge in [0.15, 0.2) is 0 Å². The van der Waals surface area contributed by atoms with Gasteiger partial charge < -0.3 is 14.2 Å². The number of aromatic nitrogens is 1. The number of ether oxygens (including phenoxy) is 1. The Bertz CT molecular complexity index is 675. The van der Waals surface area contributed by atoms with Gasteiger partial charge in [-0.2, -0.15) is 0 Å². The number of unbranched alkanes of at least 4 members (excludes halogenated alkanes) is 1. The first-order valence-electron chi connectivity index (χ1n) is 8.91. The van der Waals surface area contributed by atoms with E-state index in [1.807, 2.05) is 24.0 Å². The van der Waals surface area contributed by atoms with Crippen molar-refractivity contribution in [1.82, 2.24) is 9.47 Å². The fourth-order valence-electron chi connectivity index (χ4n) is 3.39. The van der Waals surface area contributed by atoms with Crippen LogP contribution in [0.1, 0.15) is 50.4 Å². The molecule has 1 atom stereocenters. The van der Waals surface area contributed by atoms with Gasteiger partial charge in [-0.25, -0.2) is 0 Å². The Morgan fingerprint density at radius 3 is 2.67 bits per heavy atom. The molecule has 0 aliphatic carbocycles. The number of benzene rings is 1. The zero-order chi connectivity index (χ0) is 16.9. The fraction of sp³-hybridized carbons (Fsp3) is 0.450. The second kappa shape index (κ2) is 7.56. The van der Waals surface area contributed by atoms with Crippen LogP contribution in [0.25, 0.3) is 0 Å². The van der Waals surface area contributed by atoms with E-state index < -0.39 is 0 Å². The summed E-state index contributed by atoms with van der Waals surface area (Å²) in [4.78, 5) is 14.8. The van der Waals surface area contributed by atoms with E-state index in [1.54, 1.807) is 0 Å². The summed E-state index contributed by atoms with van der Waals surface area (Å²) in [5.41, 5.74) is 2.33. The van der Waals surface area contributed by atoms with Gasteiger partial charge >= 0.3 is 0 Å². The molecule has 0 radical (unpaired) electrons. The van der Waals surface area contributed by atoms with E-state index in [1.165, 1.54) is 5.69 Å². The van der Waals surface area contributed by atoms with Gasteiger partial charge in [0, 0.05) is 31.4 Å². The molecule has 1 aromatic heterocycles. The highest BCUT2D eigenvalue weighted by Crippen LogP contribution is 2.33. The van der Waals surface area contributed by atoms with E-state index in [-0.39, 0.29) is 11.9 Å². The first-order chi connectivity index (χ1) is 11.7. The second-order valence-corrected chi connectivity index (χ2v) is 6.22. The van der Waals surface area contributed by atoms with Crippen LogP contribution in [0.15, 0.2) is 42.6 Å². The summed E-state index contributed by atoms with van der Waals surface area (Å²) in [6.45, 7) is 6.40. The molecular formula is C20H26N2O2. The number of hydrogen-bond donors (Lipinski definition) is 0. The number of carbonyl (C=O) groups excluding carboxylic acids is 1. The zero-order valence-electron chi connectivity index (χ0n) is 14.6. The third kappa shape index (κ3) is 3.32. The molecule has 1 aromatic carbocycles. The minimum absolute atomic E-state index is 0.00576. The van der Waals surface area contributed by atoms with Crippen molar-refractivity contribution in [2.45, 2.75) is 45.7 Å². The molecule has 1 aliphatic heterocycles. The topological polar surface area (TPSA) is 34.5 Å². The van der Waals surface area contributed by atoms with Crippen LogP contribution in [-0.4, -0.2) is 28.5 Å². The fourth-order valence-corrected chi connectivity index (χ4v) is 3.39. The molecule has 1 amide bonds. The van der Waals surface area contributed by atoms with Crippen molar-refractivity contribution in [2.24, 2.45) is 0 Å². The van der Waals surface area contributed by atoms with Crippen molar-refractivity contribution in [2.75, 3.05) is 13.2 Å². The van der Waals surface area contributed by atoms with Crippen molar-refractivity contribution >= 4 is 5.91 Å². The van der Waals surface area contributed by atoms with Gasteiger partial charge in [-0.05, 0) is 43.2 Å². The van der Waals surface area contributed by atoms with Gasteiger partial charge in [0.05, 0.1) is 12.6 Å². The highest BCUT2D eigenvalue weighted by atomic mass is 16.5. The van der Waals surface area contributed by atoms with E-state index in [9.17, 15) is 4.79 Å². The van der Waals surface area contributed by atoms with Crippen molar-refractivity contribution in [3.63, 3.8) is 0 Å². The zero-order valence-corrected chi connectivity index (χ0v) is 14.6. The molecule has 0 fully saturated rings. The van der Waals surface area contributed by atoms with Crippen LogP contribution < -0.4 is 4.74 Å². The lowest BCUT2D eigenvalue weighted by Gasteiger charge is -2.37. The maximum absolute atomic E-state index is 12.7. The van der Waals surface area contributed by atoms with E-state index >= 15 is 0 Å². The quantitative estimate of drug-likeness (QED) is 0.804. The van der Waals surface area contributed by atoms with Gasteiger partial charge in [-0.1, -0.05) is 25.5 Å². The first-order valence-corrected chi connectivity index (χ1v) is 8.91. The van der Waals surface area contributed by atoms with Crippen LogP contribution in [0.3, 0.4) is 0 Å². The second-order valence-electron chi connectivity index (χ2n) is 6.22. The molecule has 0 bridgehead atoms. The Hall–Kier alpha value is -2.23. The highest BCUT2D eigenvalue weighted by Gasteiger charge is 2.31. The van der Waals surface area contributed by atoms with E-state index in [2.05, 4.69) is 42.0 Å². The van der Waals surface area contributed by atoms with Gasteiger partial charge in [0.2, 0.25) is 5.91 Å². The highest BCUT2D eigenvalue weighted by molar-refractivity contribution is 5.77. The SMILES string of the molecule is CCCCC(=O)N1CCn2cccc2C1c1ccc(OCC)cc1. The minimum atomic E-state index is -0.00576. The third-order valence-electron chi connectivity index (χ3n) is 4.61. The molecule has 1 aliphatic rings. The molecule has 4 nitrogen and oxygen atoms in total. The van der Waals surface area contributed by atoms with Gasteiger partial charge in [-0.15, -0.1) is 0 Å². The molecule has 0 N–H and O–H groups in total. The molecule has 0 saturated heterocycles. The number of hydrogen-bond acceptors (Lipinski definition) is 2. The molecule has 128 valence electrons. The molecule has 2 heterocycles. The number of rotatable bonds is 6. The van der Waals surface area contributed by atoms with Crippen LogP contribution in [0.5, 0.6) is 5.75 Å². The Morgan fingerprint density at radius 2 is 1.96 bits per heavy atom. The summed E-state index contributed by atoms with van der Waals surface area (Å²) in [6, 6.07) is 12.3. The van der Waals surface area contributed by atoms with Gasteiger partial charge in [0.1, 0.15) is 5.75 Å². The molecular weight excluding hydrogens is 300 g/mol. The summed E-state index contributed by atoms with van der Waals surface area (Å²) in [5, 5.41) is 0. The summed E-state index contributed by atoms with van der Waals surface area (Å²) in [5.74, 6) is 1.12. The predicted octanol–water partition coefficient (Wildman–Crippen LogP) is 4.01. The van der Waals surface area contributed by atoms with Crippen LogP contribution in [0, 0.1) is 0 Å². The normalized spacial score (nSPS) is 16.8. The first kappa shape index (κ1) is 16.6. The predicted molar refractivity (Wildman–Crippen MR) is 95.1 cm³/mol. The molecule has 0 spiro atoms. The maximum atomic E-state index is 12.7. The molecule has 2 aromatic rings. The van der Waals surface area contributed by atoms with Crippen LogP contribution in [0.2, 0.25) is 0 Å². The van der Waals surface area contributed by atoms with Crippen molar-refractivity contribution in [1.29, 1.82) is 0 Å². The van der Waals surface area contributed by atoms with E-state index in [0.717, 1.165) is 37.2 Å². The van der Waals surface area contributed by atoms with Crippen LogP contribution in [0.4, 0.5) is 0 Å². The summed E-state index contributed by atoms with van der Waals surface area (Å²) in [7, 11) is 0. The average Bonchev–Trinajstić information content (AvgIpc) is 3.08. The number of carbonyl (C=O) groups is 1. The summed E-state index contributed by atoms with van der Waals surface area (Å²) < 4.78 is 7.80. The lowest BCUT2D eigenvalue weighted by atomic mass is 9.99. The Morgan fingerprint density at radius 1 is 1.17 bits per heavy atom. The molecule has 3 rings (SSSR count). The molecule has 24 heavy (non-hydrogen) atoms. The molecule has 0 saturated carbocycles. The monoisotopic (exact) mass is 326 g/mol. The van der Waals surface area contributed by atoms with E-state index in [0.29, 0.717) is 13.0 Å². The summed E-state index contributed by atoms with van der Waals surface area (Å²) >= 11 is 0. The van der Waals surface area contributed by atoms with E-state index in [4.69, 9.17) is 4.74 Å². The number of fused-ring (bicyclic) bond motifs is 1. The largest absolute Gasteiger partial charge is 0.494 e. The van der Waals surface area contributed by atoms with Crippen LogP contribution >= 0.6 is 0 Å². The lowest BCUT2D eigenvalue weighted by Crippen LogP contribution is -2.42. The van der Waals surface area contributed by atoms with Crippen LogP contribution in [-0.2, 0) is 11.3 Å². The Labute approximate surface area is 144 Å².